The van der Waals surface area contributed by atoms with Gasteiger partial charge in [0.25, 0.3) is 11.4 Å². The fourth-order valence-corrected chi connectivity index (χ4v) is 2.93. The SMILES string of the molecule is O=[N+]([O-])c1cc([N+](=O)[O-])c(O)c([N+](=O)[O-])c1.c1ccc2c(c1)ccc1ccccc12. The normalized spacial score (nSPS) is 10.3. The monoisotopic (exact) mass is 407 g/mol. The van der Waals surface area contributed by atoms with Gasteiger partial charge in [-0.2, -0.15) is 0 Å². The van der Waals surface area contributed by atoms with E-state index in [9.17, 15) is 30.3 Å². The zero-order valence-electron chi connectivity index (χ0n) is 15.2. The molecule has 150 valence electrons. The summed E-state index contributed by atoms with van der Waals surface area (Å²) in [6.45, 7) is 0. The number of rotatable bonds is 3. The van der Waals surface area contributed by atoms with Gasteiger partial charge >= 0.3 is 11.4 Å². The standard InChI is InChI=1S/C14H10.C6H3N3O7/c1-3-7-13-11(5-1)9-10-12-6-2-4-8-14(12)13;10-6-4(8(13)14)1-3(7(11)12)2-5(6)9(15)16/h1-10H;1-2,10H. The Hall–Kier alpha value is -4.60. The molecule has 0 aliphatic heterocycles. The number of nitro benzene ring substituents is 3. The third-order valence-electron chi connectivity index (χ3n) is 4.31. The lowest BCUT2D eigenvalue weighted by Crippen LogP contribution is -1.97. The highest BCUT2D eigenvalue weighted by Crippen LogP contribution is 2.38. The van der Waals surface area contributed by atoms with E-state index in [1.54, 1.807) is 0 Å². The Labute approximate surface area is 168 Å². The third kappa shape index (κ3) is 3.97. The number of nitro groups is 3. The van der Waals surface area contributed by atoms with E-state index in [-0.39, 0.29) is 0 Å². The van der Waals surface area contributed by atoms with E-state index in [1.807, 2.05) is 0 Å². The largest absolute Gasteiger partial charge is 0.497 e. The minimum Gasteiger partial charge on any atom is -0.497 e. The molecule has 0 spiro atoms. The molecular formula is C20H13N3O7. The average Bonchev–Trinajstić information content (AvgIpc) is 2.73. The highest BCUT2D eigenvalue weighted by atomic mass is 16.6. The first-order valence-corrected chi connectivity index (χ1v) is 8.46. The van der Waals surface area contributed by atoms with Gasteiger partial charge in [0.1, 0.15) is 0 Å². The minimum atomic E-state index is -1.21. The molecule has 0 aromatic heterocycles. The highest BCUT2D eigenvalue weighted by molar-refractivity contribution is 6.07. The van der Waals surface area contributed by atoms with Crippen LogP contribution in [-0.4, -0.2) is 19.9 Å². The summed E-state index contributed by atoms with van der Waals surface area (Å²) < 4.78 is 0. The lowest BCUT2D eigenvalue weighted by molar-refractivity contribution is -0.404. The number of fused-ring (bicyclic) bond motifs is 3. The van der Waals surface area contributed by atoms with Gasteiger partial charge in [0.15, 0.2) is 0 Å². The molecule has 0 saturated heterocycles. The first kappa shape index (κ1) is 20.1. The predicted octanol–water partition coefficient (Wildman–Crippen LogP) is 5.11. The molecule has 0 radical (unpaired) electrons. The van der Waals surface area contributed by atoms with Crippen molar-refractivity contribution in [2.45, 2.75) is 0 Å². The molecule has 0 bridgehead atoms. The van der Waals surface area contributed by atoms with E-state index >= 15 is 0 Å². The summed E-state index contributed by atoms with van der Waals surface area (Å²) in [7, 11) is 0. The molecule has 4 rings (SSSR count). The smallest absolute Gasteiger partial charge is 0.324 e. The molecule has 0 heterocycles. The second-order valence-corrected chi connectivity index (χ2v) is 6.11. The molecule has 4 aromatic rings. The van der Waals surface area contributed by atoms with Crippen LogP contribution in [-0.2, 0) is 0 Å². The van der Waals surface area contributed by atoms with Gasteiger partial charge in [0, 0.05) is 0 Å². The van der Waals surface area contributed by atoms with Crippen LogP contribution in [0.2, 0.25) is 0 Å². The summed E-state index contributed by atoms with van der Waals surface area (Å²) in [5, 5.41) is 45.5. The van der Waals surface area contributed by atoms with E-state index in [0.717, 1.165) is 0 Å². The van der Waals surface area contributed by atoms with E-state index in [0.29, 0.717) is 12.1 Å². The fourth-order valence-electron chi connectivity index (χ4n) is 2.93. The molecule has 0 amide bonds. The van der Waals surface area contributed by atoms with Crippen molar-refractivity contribution in [3.05, 3.63) is 103 Å². The summed E-state index contributed by atoms with van der Waals surface area (Å²) in [5.74, 6) is -1.21. The number of hydrogen-bond donors (Lipinski definition) is 1. The van der Waals surface area contributed by atoms with Crippen LogP contribution in [0.5, 0.6) is 5.75 Å². The van der Waals surface area contributed by atoms with Crippen molar-refractivity contribution in [1.82, 2.24) is 0 Å². The minimum absolute atomic E-state index is 0.447. The van der Waals surface area contributed by atoms with Gasteiger partial charge in [-0.15, -0.1) is 0 Å². The second kappa shape index (κ2) is 8.19. The van der Waals surface area contributed by atoms with Crippen molar-refractivity contribution >= 4 is 38.6 Å². The van der Waals surface area contributed by atoms with Gasteiger partial charge in [-0.25, -0.2) is 0 Å². The van der Waals surface area contributed by atoms with Crippen molar-refractivity contribution in [3.63, 3.8) is 0 Å². The summed E-state index contributed by atoms with van der Waals surface area (Å²) in [5.41, 5.74) is -3.00. The van der Waals surface area contributed by atoms with Crippen molar-refractivity contribution in [2.24, 2.45) is 0 Å². The van der Waals surface area contributed by atoms with Crippen LogP contribution in [0.15, 0.2) is 72.8 Å². The first-order valence-electron chi connectivity index (χ1n) is 8.46. The molecule has 10 heteroatoms. The van der Waals surface area contributed by atoms with Gasteiger partial charge in [-0.05, 0) is 21.5 Å². The van der Waals surface area contributed by atoms with E-state index in [4.69, 9.17) is 5.11 Å². The molecular weight excluding hydrogens is 394 g/mol. The number of hydrogen-bond acceptors (Lipinski definition) is 7. The maximum Gasteiger partial charge on any atom is 0.324 e. The van der Waals surface area contributed by atoms with Gasteiger partial charge < -0.3 is 5.11 Å². The maximum absolute atomic E-state index is 10.4. The Morgan fingerprint density at radius 2 is 1.00 bits per heavy atom. The van der Waals surface area contributed by atoms with Crippen molar-refractivity contribution in [1.29, 1.82) is 0 Å². The number of non-ortho nitro benzene ring substituents is 1. The lowest BCUT2D eigenvalue weighted by Gasteiger charge is -2.02. The van der Waals surface area contributed by atoms with Crippen LogP contribution in [0.1, 0.15) is 0 Å². The topological polar surface area (TPSA) is 150 Å². The Morgan fingerprint density at radius 3 is 1.37 bits per heavy atom. The Kier molecular flexibility index (Phi) is 5.50. The number of phenolic OH excluding ortho intramolecular Hbond substituents is 1. The molecule has 0 unspecified atom stereocenters. The van der Waals surface area contributed by atoms with E-state index < -0.39 is 37.6 Å². The number of aromatic hydroxyl groups is 1. The Morgan fingerprint density at radius 1 is 0.600 bits per heavy atom. The third-order valence-corrected chi connectivity index (χ3v) is 4.31. The fraction of sp³-hybridized carbons (Fsp3) is 0. The summed E-state index contributed by atoms with van der Waals surface area (Å²) in [6, 6.07) is 22.3. The zero-order valence-corrected chi connectivity index (χ0v) is 15.2. The van der Waals surface area contributed by atoms with Gasteiger partial charge in [0.05, 0.1) is 26.9 Å². The molecule has 10 nitrogen and oxygen atoms in total. The van der Waals surface area contributed by atoms with Crippen molar-refractivity contribution < 1.29 is 19.9 Å². The van der Waals surface area contributed by atoms with Crippen LogP contribution in [0, 0.1) is 30.3 Å². The van der Waals surface area contributed by atoms with Gasteiger partial charge in [0.2, 0.25) is 0 Å². The predicted molar refractivity (Wildman–Crippen MR) is 110 cm³/mol. The van der Waals surface area contributed by atoms with Gasteiger partial charge in [-0.1, -0.05) is 60.7 Å². The molecule has 4 aromatic carbocycles. The molecule has 0 saturated carbocycles. The van der Waals surface area contributed by atoms with Crippen LogP contribution in [0.3, 0.4) is 0 Å². The van der Waals surface area contributed by atoms with Crippen molar-refractivity contribution in [3.8, 4) is 5.75 Å². The maximum atomic E-state index is 10.4. The zero-order chi connectivity index (χ0) is 21.8. The van der Waals surface area contributed by atoms with Crippen LogP contribution < -0.4 is 0 Å². The van der Waals surface area contributed by atoms with Crippen molar-refractivity contribution in [2.75, 3.05) is 0 Å². The van der Waals surface area contributed by atoms with Crippen LogP contribution in [0.4, 0.5) is 17.1 Å². The second-order valence-electron chi connectivity index (χ2n) is 6.11. The lowest BCUT2D eigenvalue weighted by atomic mass is 10.0. The van der Waals surface area contributed by atoms with Crippen LogP contribution in [0.25, 0.3) is 21.5 Å². The summed E-state index contributed by atoms with van der Waals surface area (Å²) >= 11 is 0. The summed E-state index contributed by atoms with van der Waals surface area (Å²) in [4.78, 5) is 27.8. The van der Waals surface area contributed by atoms with Crippen LogP contribution >= 0.6 is 0 Å². The quantitative estimate of drug-likeness (QED) is 0.281. The number of nitrogens with zero attached hydrogens (tertiary/aromatic N) is 3. The molecule has 0 fully saturated rings. The van der Waals surface area contributed by atoms with Gasteiger partial charge in [-0.3, -0.25) is 30.3 Å². The summed E-state index contributed by atoms with van der Waals surface area (Å²) in [6.07, 6.45) is 0. The molecule has 30 heavy (non-hydrogen) atoms. The Balaban J connectivity index is 0.000000171. The highest BCUT2D eigenvalue weighted by Gasteiger charge is 2.30. The Bertz CT molecular complexity index is 1210. The molecule has 0 atom stereocenters. The first-order chi connectivity index (χ1) is 14.3. The average molecular weight is 407 g/mol. The van der Waals surface area contributed by atoms with E-state index in [1.165, 1.54) is 21.5 Å². The molecule has 1 N–H and O–H groups in total. The number of phenols is 1. The molecule has 0 aliphatic rings. The molecule has 0 aliphatic carbocycles. The number of benzene rings is 4. The van der Waals surface area contributed by atoms with E-state index in [2.05, 4.69) is 60.7 Å².